The van der Waals surface area contributed by atoms with E-state index < -0.39 is 0 Å². The Kier molecular flexibility index (Phi) is 3.10. The highest BCUT2D eigenvalue weighted by Crippen LogP contribution is 2.30. The number of rotatable bonds is 3. The average molecular weight is 201 g/mol. The molecule has 1 aliphatic rings. The lowest BCUT2D eigenvalue weighted by Gasteiger charge is -2.15. The molecule has 1 heteroatoms. The van der Waals surface area contributed by atoms with Gasteiger partial charge in [-0.15, -0.1) is 0 Å². The van der Waals surface area contributed by atoms with Gasteiger partial charge in [-0.1, -0.05) is 37.1 Å². The van der Waals surface area contributed by atoms with Crippen LogP contribution in [0.25, 0.3) is 0 Å². The largest absolute Gasteiger partial charge is 0.359 e. The first kappa shape index (κ1) is 10.3. The summed E-state index contributed by atoms with van der Waals surface area (Å²) in [7, 11) is 0. The van der Waals surface area contributed by atoms with Crippen molar-refractivity contribution in [1.82, 2.24) is 0 Å². The zero-order chi connectivity index (χ0) is 10.7. The molecule has 0 radical (unpaired) electrons. The Hall–Kier alpha value is -1.24. The van der Waals surface area contributed by atoms with Crippen molar-refractivity contribution in [3.63, 3.8) is 0 Å². The molecule has 1 aromatic rings. The quantitative estimate of drug-likeness (QED) is 0.776. The molecule has 80 valence electrons. The predicted molar refractivity (Wildman–Crippen MR) is 65.9 cm³/mol. The van der Waals surface area contributed by atoms with E-state index in [9.17, 15) is 0 Å². The summed E-state index contributed by atoms with van der Waals surface area (Å²) in [4.78, 5) is 0. The second-order valence-electron chi connectivity index (χ2n) is 4.50. The molecule has 0 aromatic heterocycles. The van der Waals surface area contributed by atoms with Gasteiger partial charge in [0.1, 0.15) is 0 Å². The zero-order valence-corrected chi connectivity index (χ0v) is 9.42. The standard InChI is InChI=1S/C14H19N/c1-11-7-9-14(10-8-11)15-12(2)13-5-3-4-6-13/h7-10,13,15H,2-6H2,1H3. The topological polar surface area (TPSA) is 12.0 Å². The van der Waals surface area contributed by atoms with Crippen LogP contribution in [0.2, 0.25) is 0 Å². The summed E-state index contributed by atoms with van der Waals surface area (Å²) in [6.07, 6.45) is 5.33. The first-order valence-electron chi connectivity index (χ1n) is 5.78. The van der Waals surface area contributed by atoms with Gasteiger partial charge in [0, 0.05) is 11.4 Å². The molecule has 1 aromatic carbocycles. The average Bonchev–Trinajstić information content (AvgIpc) is 2.74. The summed E-state index contributed by atoms with van der Waals surface area (Å²) in [5, 5.41) is 3.42. The molecule has 1 nitrogen and oxygen atoms in total. The van der Waals surface area contributed by atoms with Crippen molar-refractivity contribution in [3.8, 4) is 0 Å². The minimum atomic E-state index is 0.686. The maximum Gasteiger partial charge on any atom is 0.0381 e. The van der Waals surface area contributed by atoms with E-state index in [1.165, 1.54) is 36.9 Å². The summed E-state index contributed by atoms with van der Waals surface area (Å²) >= 11 is 0. The third-order valence-corrected chi connectivity index (χ3v) is 3.20. The highest BCUT2D eigenvalue weighted by atomic mass is 14.9. The van der Waals surface area contributed by atoms with E-state index in [4.69, 9.17) is 0 Å². The van der Waals surface area contributed by atoms with Crippen LogP contribution in [0, 0.1) is 12.8 Å². The Morgan fingerprint density at radius 2 is 1.80 bits per heavy atom. The minimum Gasteiger partial charge on any atom is -0.359 e. The van der Waals surface area contributed by atoms with Gasteiger partial charge in [-0.25, -0.2) is 0 Å². The van der Waals surface area contributed by atoms with E-state index in [1.807, 2.05) is 0 Å². The number of hydrogen-bond donors (Lipinski definition) is 1. The number of hydrogen-bond acceptors (Lipinski definition) is 1. The van der Waals surface area contributed by atoms with Crippen LogP contribution < -0.4 is 5.32 Å². The second kappa shape index (κ2) is 4.52. The molecule has 0 amide bonds. The fourth-order valence-electron chi connectivity index (χ4n) is 2.20. The van der Waals surface area contributed by atoms with Gasteiger partial charge in [-0.2, -0.15) is 0 Å². The number of nitrogens with one attached hydrogen (secondary N) is 1. The summed E-state index contributed by atoms with van der Waals surface area (Å²) in [5.74, 6) is 0.686. The third kappa shape index (κ3) is 2.62. The number of aryl methyl sites for hydroxylation is 1. The van der Waals surface area contributed by atoms with Crippen LogP contribution in [0.3, 0.4) is 0 Å². The number of allylic oxidation sites excluding steroid dienone is 1. The molecule has 15 heavy (non-hydrogen) atoms. The fraction of sp³-hybridized carbons (Fsp3) is 0.429. The smallest absolute Gasteiger partial charge is 0.0381 e. The summed E-state index contributed by atoms with van der Waals surface area (Å²) in [5.41, 5.74) is 3.65. The molecule has 2 rings (SSSR count). The van der Waals surface area contributed by atoms with Gasteiger partial charge in [-0.3, -0.25) is 0 Å². The van der Waals surface area contributed by atoms with Crippen molar-refractivity contribution in [1.29, 1.82) is 0 Å². The van der Waals surface area contributed by atoms with Gasteiger partial charge in [0.05, 0.1) is 0 Å². The first-order chi connectivity index (χ1) is 7.25. The molecular formula is C14H19N. The molecule has 0 spiro atoms. The van der Waals surface area contributed by atoms with Crippen LogP contribution in [-0.4, -0.2) is 0 Å². The van der Waals surface area contributed by atoms with E-state index in [-0.39, 0.29) is 0 Å². The third-order valence-electron chi connectivity index (χ3n) is 3.20. The lowest BCUT2D eigenvalue weighted by Crippen LogP contribution is -2.07. The Morgan fingerprint density at radius 3 is 2.40 bits per heavy atom. The molecular weight excluding hydrogens is 182 g/mol. The summed E-state index contributed by atoms with van der Waals surface area (Å²) in [6.45, 7) is 6.25. The van der Waals surface area contributed by atoms with E-state index in [2.05, 4.69) is 43.1 Å². The minimum absolute atomic E-state index is 0.686. The SMILES string of the molecule is C=C(Nc1ccc(C)cc1)C1CCCC1. The van der Waals surface area contributed by atoms with Crippen molar-refractivity contribution in [2.24, 2.45) is 5.92 Å². The van der Waals surface area contributed by atoms with Crippen LogP contribution >= 0.6 is 0 Å². The fourth-order valence-corrected chi connectivity index (χ4v) is 2.20. The van der Waals surface area contributed by atoms with Crippen LogP contribution in [0.15, 0.2) is 36.5 Å². The van der Waals surface area contributed by atoms with Crippen molar-refractivity contribution in [2.45, 2.75) is 32.6 Å². The number of anilines is 1. The van der Waals surface area contributed by atoms with Crippen molar-refractivity contribution in [3.05, 3.63) is 42.1 Å². The Bertz CT molecular complexity index is 331. The van der Waals surface area contributed by atoms with E-state index in [0.717, 1.165) is 5.69 Å². The Balaban J connectivity index is 1.96. The highest BCUT2D eigenvalue weighted by molar-refractivity contribution is 5.49. The maximum atomic E-state index is 4.14. The van der Waals surface area contributed by atoms with Crippen molar-refractivity contribution >= 4 is 5.69 Å². The predicted octanol–water partition coefficient (Wildman–Crippen LogP) is 4.11. The molecule has 0 unspecified atom stereocenters. The molecule has 1 saturated carbocycles. The maximum absolute atomic E-state index is 4.14. The molecule has 0 saturated heterocycles. The van der Waals surface area contributed by atoms with Crippen molar-refractivity contribution in [2.75, 3.05) is 5.32 Å². The molecule has 1 aliphatic carbocycles. The monoisotopic (exact) mass is 201 g/mol. The molecule has 1 N–H and O–H groups in total. The van der Waals surface area contributed by atoms with Gasteiger partial charge >= 0.3 is 0 Å². The highest BCUT2D eigenvalue weighted by Gasteiger charge is 2.17. The van der Waals surface area contributed by atoms with Crippen LogP contribution in [0.1, 0.15) is 31.2 Å². The molecule has 1 fully saturated rings. The van der Waals surface area contributed by atoms with Gasteiger partial charge in [-0.05, 0) is 37.8 Å². The lowest BCUT2D eigenvalue weighted by molar-refractivity contribution is 0.649. The van der Waals surface area contributed by atoms with E-state index >= 15 is 0 Å². The summed E-state index contributed by atoms with van der Waals surface area (Å²) in [6, 6.07) is 8.50. The van der Waals surface area contributed by atoms with Crippen LogP contribution in [-0.2, 0) is 0 Å². The lowest BCUT2D eigenvalue weighted by atomic mass is 10.0. The van der Waals surface area contributed by atoms with Gasteiger partial charge in [0.15, 0.2) is 0 Å². The number of benzene rings is 1. The normalized spacial score (nSPS) is 16.6. The van der Waals surface area contributed by atoms with Gasteiger partial charge in [0.2, 0.25) is 0 Å². The van der Waals surface area contributed by atoms with Gasteiger partial charge in [0.25, 0.3) is 0 Å². The van der Waals surface area contributed by atoms with Crippen molar-refractivity contribution < 1.29 is 0 Å². The first-order valence-corrected chi connectivity index (χ1v) is 5.78. The summed E-state index contributed by atoms with van der Waals surface area (Å²) < 4.78 is 0. The van der Waals surface area contributed by atoms with Crippen LogP contribution in [0.5, 0.6) is 0 Å². The molecule has 0 atom stereocenters. The molecule has 0 aliphatic heterocycles. The van der Waals surface area contributed by atoms with Crippen LogP contribution in [0.4, 0.5) is 5.69 Å². The zero-order valence-electron chi connectivity index (χ0n) is 9.42. The Morgan fingerprint density at radius 1 is 1.20 bits per heavy atom. The van der Waals surface area contributed by atoms with Gasteiger partial charge < -0.3 is 5.32 Å². The second-order valence-corrected chi connectivity index (χ2v) is 4.50. The molecule has 0 heterocycles. The van der Waals surface area contributed by atoms with E-state index in [0.29, 0.717) is 5.92 Å². The Labute approximate surface area is 92.2 Å². The van der Waals surface area contributed by atoms with E-state index in [1.54, 1.807) is 0 Å². The molecule has 0 bridgehead atoms.